The van der Waals surface area contributed by atoms with Crippen LogP contribution in [0.4, 0.5) is 0 Å². The lowest BCUT2D eigenvalue weighted by molar-refractivity contribution is 0.101. The van der Waals surface area contributed by atoms with E-state index in [1.807, 2.05) is 42.5 Å². The van der Waals surface area contributed by atoms with Crippen LogP contribution in [0, 0.1) is 0 Å². The molecular formula is C15H12O3. The van der Waals surface area contributed by atoms with Crippen molar-refractivity contribution in [3.63, 3.8) is 0 Å². The number of ketones is 1. The fourth-order valence-corrected chi connectivity index (χ4v) is 1.99. The highest BCUT2D eigenvalue weighted by molar-refractivity contribution is 5.95. The first kappa shape index (κ1) is 10.8. The number of carbonyl (C=O) groups is 1. The van der Waals surface area contributed by atoms with Crippen LogP contribution in [-0.2, 0) is 0 Å². The molecule has 0 unspecified atom stereocenters. The first-order valence-corrected chi connectivity index (χ1v) is 5.75. The Morgan fingerprint density at radius 3 is 2.61 bits per heavy atom. The minimum absolute atomic E-state index is 0.0672. The van der Waals surface area contributed by atoms with E-state index in [1.165, 1.54) is 0 Å². The largest absolute Gasteiger partial charge is 0.454 e. The molecule has 3 nitrogen and oxygen atoms in total. The van der Waals surface area contributed by atoms with E-state index in [-0.39, 0.29) is 12.6 Å². The summed E-state index contributed by atoms with van der Waals surface area (Å²) in [5.74, 6) is 1.58. The predicted molar refractivity (Wildman–Crippen MR) is 68.0 cm³/mol. The number of hydrogen-bond acceptors (Lipinski definition) is 3. The molecule has 0 N–H and O–H groups in total. The molecule has 3 rings (SSSR count). The van der Waals surface area contributed by atoms with Crippen LogP contribution in [0.1, 0.15) is 17.3 Å². The maximum absolute atomic E-state index is 11.4. The first-order chi connectivity index (χ1) is 8.74. The van der Waals surface area contributed by atoms with Crippen molar-refractivity contribution in [3.05, 3.63) is 48.0 Å². The van der Waals surface area contributed by atoms with Crippen LogP contribution in [0.25, 0.3) is 11.1 Å². The number of hydrogen-bond donors (Lipinski definition) is 0. The van der Waals surface area contributed by atoms with Gasteiger partial charge < -0.3 is 9.47 Å². The topological polar surface area (TPSA) is 35.5 Å². The third kappa shape index (κ3) is 1.84. The Balaban J connectivity index is 2.04. The average Bonchev–Trinajstić information content (AvgIpc) is 2.86. The van der Waals surface area contributed by atoms with Gasteiger partial charge in [-0.25, -0.2) is 0 Å². The fraction of sp³-hybridized carbons (Fsp3) is 0.133. The molecule has 0 amide bonds. The summed E-state index contributed by atoms with van der Waals surface area (Å²) in [7, 11) is 0. The molecule has 0 radical (unpaired) electrons. The molecule has 90 valence electrons. The lowest BCUT2D eigenvalue weighted by Crippen LogP contribution is -1.93. The Kier molecular flexibility index (Phi) is 2.52. The SMILES string of the molecule is CC(=O)c1cccc(-c2ccc3c(c2)OCO3)c1. The summed E-state index contributed by atoms with van der Waals surface area (Å²) in [5.41, 5.74) is 2.73. The molecule has 1 aliphatic heterocycles. The van der Waals surface area contributed by atoms with Gasteiger partial charge in [-0.3, -0.25) is 4.79 Å². The van der Waals surface area contributed by atoms with E-state index in [0.717, 1.165) is 22.6 Å². The van der Waals surface area contributed by atoms with Gasteiger partial charge in [-0.1, -0.05) is 24.3 Å². The van der Waals surface area contributed by atoms with E-state index in [0.29, 0.717) is 5.56 Å². The highest BCUT2D eigenvalue weighted by Gasteiger charge is 2.14. The van der Waals surface area contributed by atoms with Gasteiger partial charge in [0.05, 0.1) is 0 Å². The second kappa shape index (κ2) is 4.18. The zero-order valence-corrected chi connectivity index (χ0v) is 9.97. The predicted octanol–water partition coefficient (Wildman–Crippen LogP) is 3.28. The second-order valence-electron chi connectivity index (χ2n) is 4.21. The smallest absolute Gasteiger partial charge is 0.231 e. The fourth-order valence-electron chi connectivity index (χ4n) is 1.99. The molecule has 2 aromatic carbocycles. The summed E-state index contributed by atoms with van der Waals surface area (Å²) in [6, 6.07) is 13.4. The molecule has 0 aromatic heterocycles. The zero-order valence-electron chi connectivity index (χ0n) is 9.97. The Bertz CT molecular complexity index is 617. The van der Waals surface area contributed by atoms with Gasteiger partial charge in [0.1, 0.15) is 0 Å². The molecule has 18 heavy (non-hydrogen) atoms. The minimum atomic E-state index is 0.0672. The minimum Gasteiger partial charge on any atom is -0.454 e. The molecule has 1 aliphatic rings. The molecule has 0 bridgehead atoms. The number of fused-ring (bicyclic) bond motifs is 1. The third-order valence-corrected chi connectivity index (χ3v) is 2.98. The number of carbonyl (C=O) groups excluding carboxylic acids is 1. The van der Waals surface area contributed by atoms with E-state index in [4.69, 9.17) is 9.47 Å². The molecule has 0 saturated carbocycles. The summed E-state index contributed by atoms with van der Waals surface area (Å²) >= 11 is 0. The maximum Gasteiger partial charge on any atom is 0.231 e. The molecular weight excluding hydrogens is 228 g/mol. The van der Waals surface area contributed by atoms with Crippen molar-refractivity contribution in [2.45, 2.75) is 6.92 Å². The average molecular weight is 240 g/mol. The van der Waals surface area contributed by atoms with E-state index < -0.39 is 0 Å². The van der Waals surface area contributed by atoms with Crippen LogP contribution in [-0.4, -0.2) is 12.6 Å². The molecule has 0 spiro atoms. The number of ether oxygens (including phenoxy) is 2. The summed E-state index contributed by atoms with van der Waals surface area (Å²) in [6.07, 6.45) is 0. The first-order valence-electron chi connectivity index (χ1n) is 5.75. The molecule has 0 aliphatic carbocycles. The number of rotatable bonds is 2. The normalized spacial score (nSPS) is 12.5. The van der Waals surface area contributed by atoms with Crippen molar-refractivity contribution < 1.29 is 14.3 Å². The molecule has 0 atom stereocenters. The highest BCUT2D eigenvalue weighted by atomic mass is 16.7. The molecule has 2 aromatic rings. The molecule has 1 heterocycles. The van der Waals surface area contributed by atoms with Gasteiger partial charge in [-0.2, -0.15) is 0 Å². The Morgan fingerprint density at radius 1 is 1.00 bits per heavy atom. The molecule has 0 saturated heterocycles. The van der Waals surface area contributed by atoms with Gasteiger partial charge >= 0.3 is 0 Å². The van der Waals surface area contributed by atoms with E-state index in [9.17, 15) is 4.79 Å². The quantitative estimate of drug-likeness (QED) is 0.755. The van der Waals surface area contributed by atoms with Gasteiger partial charge in [-0.05, 0) is 36.2 Å². The van der Waals surface area contributed by atoms with Crippen LogP contribution < -0.4 is 9.47 Å². The van der Waals surface area contributed by atoms with Crippen LogP contribution in [0.5, 0.6) is 11.5 Å². The van der Waals surface area contributed by atoms with Gasteiger partial charge in [0.2, 0.25) is 6.79 Å². The van der Waals surface area contributed by atoms with Gasteiger partial charge in [0.25, 0.3) is 0 Å². The Morgan fingerprint density at radius 2 is 1.78 bits per heavy atom. The van der Waals surface area contributed by atoms with E-state index >= 15 is 0 Å². The summed E-state index contributed by atoms with van der Waals surface area (Å²) in [4.78, 5) is 11.4. The standard InChI is InChI=1S/C15H12O3/c1-10(16)11-3-2-4-12(7-11)13-5-6-14-15(8-13)18-9-17-14/h2-8H,9H2,1H3. The maximum atomic E-state index is 11.4. The van der Waals surface area contributed by atoms with Crippen LogP contribution >= 0.6 is 0 Å². The monoisotopic (exact) mass is 240 g/mol. The molecule has 0 fully saturated rings. The van der Waals surface area contributed by atoms with Gasteiger partial charge in [-0.15, -0.1) is 0 Å². The third-order valence-electron chi connectivity index (χ3n) is 2.98. The van der Waals surface area contributed by atoms with Crippen molar-refractivity contribution in [3.8, 4) is 22.6 Å². The molecule has 3 heteroatoms. The zero-order chi connectivity index (χ0) is 12.5. The Labute approximate surface area is 105 Å². The number of benzene rings is 2. The van der Waals surface area contributed by atoms with Crippen LogP contribution in [0.15, 0.2) is 42.5 Å². The van der Waals surface area contributed by atoms with Crippen LogP contribution in [0.2, 0.25) is 0 Å². The van der Waals surface area contributed by atoms with Crippen molar-refractivity contribution in [2.24, 2.45) is 0 Å². The van der Waals surface area contributed by atoms with Crippen molar-refractivity contribution in [1.29, 1.82) is 0 Å². The summed E-state index contributed by atoms with van der Waals surface area (Å²) in [5, 5.41) is 0. The second-order valence-corrected chi connectivity index (χ2v) is 4.21. The van der Waals surface area contributed by atoms with Gasteiger partial charge in [0.15, 0.2) is 17.3 Å². The van der Waals surface area contributed by atoms with Crippen molar-refractivity contribution in [2.75, 3.05) is 6.79 Å². The summed E-state index contributed by atoms with van der Waals surface area (Å²) in [6.45, 7) is 1.84. The van der Waals surface area contributed by atoms with Crippen molar-refractivity contribution in [1.82, 2.24) is 0 Å². The van der Waals surface area contributed by atoms with Gasteiger partial charge in [0, 0.05) is 5.56 Å². The number of Topliss-reactive ketones (excluding diaryl/α,β-unsaturated/α-hetero) is 1. The van der Waals surface area contributed by atoms with E-state index in [1.54, 1.807) is 6.92 Å². The Hall–Kier alpha value is -2.29. The highest BCUT2D eigenvalue weighted by Crippen LogP contribution is 2.35. The lowest BCUT2D eigenvalue weighted by Gasteiger charge is -2.05. The summed E-state index contributed by atoms with van der Waals surface area (Å²) < 4.78 is 10.6. The van der Waals surface area contributed by atoms with E-state index in [2.05, 4.69) is 0 Å². The lowest BCUT2D eigenvalue weighted by atomic mass is 10.0. The van der Waals surface area contributed by atoms with Crippen LogP contribution in [0.3, 0.4) is 0 Å². The van der Waals surface area contributed by atoms with Crippen molar-refractivity contribution >= 4 is 5.78 Å².